The Labute approximate surface area is 189 Å². The molecule has 1 N–H and O–H groups in total. The summed E-state index contributed by atoms with van der Waals surface area (Å²) in [5.74, 6) is -0.765. The van der Waals surface area contributed by atoms with Crippen LogP contribution in [0.15, 0.2) is 88.9 Å². The quantitative estimate of drug-likeness (QED) is 0.305. The number of nitro benzene ring substituents is 1. The van der Waals surface area contributed by atoms with Gasteiger partial charge in [-0.15, -0.1) is 0 Å². The van der Waals surface area contributed by atoms with E-state index in [1.807, 2.05) is 0 Å². The molecule has 0 unspecified atom stereocenters. The van der Waals surface area contributed by atoms with Crippen molar-refractivity contribution in [2.75, 3.05) is 10.8 Å². The standard InChI is InChI=1S/C21H17ClN4O5S/c22-18-11-5-7-13-20(18)25(32(30,31)17-9-2-1-3-10-17)15-21(27)24-23-14-16-8-4-6-12-19(16)26(28)29/h1-14H,15H2,(H,24,27)/b23-14-. The number of anilines is 1. The molecule has 0 aromatic heterocycles. The Morgan fingerprint density at radius 2 is 1.66 bits per heavy atom. The van der Waals surface area contributed by atoms with Crippen LogP contribution < -0.4 is 9.73 Å². The summed E-state index contributed by atoms with van der Waals surface area (Å²) in [5, 5.41) is 14.9. The first-order chi connectivity index (χ1) is 15.3. The number of para-hydroxylation sites is 2. The largest absolute Gasteiger partial charge is 0.278 e. The SMILES string of the molecule is O=C(CN(c1ccccc1Cl)S(=O)(=O)c1ccccc1)N/N=C\c1ccccc1[N+](=O)[O-]. The second-order valence-corrected chi connectivity index (χ2v) is 8.65. The molecule has 0 bridgehead atoms. The highest BCUT2D eigenvalue weighted by atomic mass is 35.5. The van der Waals surface area contributed by atoms with Gasteiger partial charge in [-0.2, -0.15) is 5.10 Å². The number of rotatable bonds is 8. The molecule has 0 radical (unpaired) electrons. The number of hydrogen-bond donors (Lipinski definition) is 1. The van der Waals surface area contributed by atoms with E-state index in [0.717, 1.165) is 10.5 Å². The average Bonchev–Trinajstić information content (AvgIpc) is 2.79. The van der Waals surface area contributed by atoms with Gasteiger partial charge in [-0.05, 0) is 30.3 Å². The van der Waals surface area contributed by atoms with Gasteiger partial charge in [0, 0.05) is 6.07 Å². The molecule has 9 nitrogen and oxygen atoms in total. The predicted molar refractivity (Wildman–Crippen MR) is 121 cm³/mol. The Morgan fingerprint density at radius 3 is 2.34 bits per heavy atom. The minimum atomic E-state index is -4.12. The molecule has 0 fully saturated rings. The molecule has 0 heterocycles. The molecule has 1 amide bonds. The molecule has 0 atom stereocenters. The van der Waals surface area contributed by atoms with Crippen molar-refractivity contribution in [1.29, 1.82) is 0 Å². The number of carbonyl (C=O) groups is 1. The molecular weight excluding hydrogens is 456 g/mol. The third kappa shape index (κ3) is 5.29. The summed E-state index contributed by atoms with van der Waals surface area (Å²) < 4.78 is 27.3. The van der Waals surface area contributed by atoms with Crippen molar-refractivity contribution < 1.29 is 18.1 Å². The lowest BCUT2D eigenvalue weighted by molar-refractivity contribution is -0.385. The van der Waals surface area contributed by atoms with Crippen molar-refractivity contribution in [1.82, 2.24) is 5.43 Å². The van der Waals surface area contributed by atoms with Crippen LogP contribution in [0.1, 0.15) is 5.56 Å². The van der Waals surface area contributed by atoms with Crippen molar-refractivity contribution in [2.45, 2.75) is 4.90 Å². The second-order valence-electron chi connectivity index (χ2n) is 6.39. The van der Waals surface area contributed by atoms with E-state index in [1.165, 1.54) is 42.5 Å². The zero-order valence-electron chi connectivity index (χ0n) is 16.5. The van der Waals surface area contributed by atoms with Crippen LogP contribution in [0.25, 0.3) is 0 Å². The summed E-state index contributed by atoms with van der Waals surface area (Å²) in [4.78, 5) is 23.0. The Bertz CT molecular complexity index is 1270. The maximum Gasteiger partial charge on any atom is 0.278 e. The number of sulfonamides is 1. The summed E-state index contributed by atoms with van der Waals surface area (Å²) in [6, 6.07) is 19.7. The molecule has 11 heteroatoms. The average molecular weight is 473 g/mol. The number of hydrazone groups is 1. The van der Waals surface area contributed by atoms with E-state index < -0.39 is 27.4 Å². The molecule has 3 rings (SSSR count). The van der Waals surface area contributed by atoms with Crippen molar-refractivity contribution >= 4 is 45.1 Å². The maximum absolute atomic E-state index is 13.2. The van der Waals surface area contributed by atoms with Gasteiger partial charge in [-0.3, -0.25) is 19.2 Å². The fourth-order valence-electron chi connectivity index (χ4n) is 2.78. The van der Waals surface area contributed by atoms with Gasteiger partial charge in [0.05, 0.1) is 32.3 Å². The van der Waals surface area contributed by atoms with E-state index in [1.54, 1.807) is 36.4 Å². The number of hydrogen-bond acceptors (Lipinski definition) is 6. The van der Waals surface area contributed by atoms with Crippen LogP contribution in [0.3, 0.4) is 0 Å². The lowest BCUT2D eigenvalue weighted by Crippen LogP contribution is -2.39. The van der Waals surface area contributed by atoms with Gasteiger partial charge in [0.25, 0.3) is 21.6 Å². The molecule has 0 spiro atoms. The lowest BCUT2D eigenvalue weighted by Gasteiger charge is -2.24. The van der Waals surface area contributed by atoms with E-state index in [-0.39, 0.29) is 26.9 Å². The third-order valence-corrected chi connectivity index (χ3v) is 6.36. The highest BCUT2D eigenvalue weighted by molar-refractivity contribution is 7.92. The van der Waals surface area contributed by atoms with Crippen molar-refractivity contribution in [3.8, 4) is 0 Å². The predicted octanol–water partition coefficient (Wildman–Crippen LogP) is 3.59. The number of nitrogens with zero attached hydrogens (tertiary/aromatic N) is 3. The van der Waals surface area contributed by atoms with Gasteiger partial charge >= 0.3 is 0 Å². The van der Waals surface area contributed by atoms with E-state index in [2.05, 4.69) is 10.5 Å². The van der Waals surface area contributed by atoms with Gasteiger partial charge in [0.2, 0.25) is 0 Å². The second kappa shape index (κ2) is 10.0. The number of nitro groups is 1. The highest BCUT2D eigenvalue weighted by Gasteiger charge is 2.28. The first-order valence-electron chi connectivity index (χ1n) is 9.18. The Morgan fingerprint density at radius 1 is 1.03 bits per heavy atom. The van der Waals surface area contributed by atoms with Crippen molar-refractivity contribution in [3.63, 3.8) is 0 Å². The van der Waals surface area contributed by atoms with Crippen LogP contribution in [-0.4, -0.2) is 32.0 Å². The smallest absolute Gasteiger partial charge is 0.271 e. The molecule has 0 aliphatic rings. The summed E-state index contributed by atoms with van der Waals surface area (Å²) in [6.07, 6.45) is 1.11. The monoisotopic (exact) mass is 472 g/mol. The summed E-state index contributed by atoms with van der Waals surface area (Å²) in [7, 11) is -4.12. The minimum absolute atomic E-state index is 0.0175. The Balaban J connectivity index is 1.85. The Kier molecular flexibility index (Phi) is 7.18. The van der Waals surface area contributed by atoms with E-state index in [0.29, 0.717) is 0 Å². The maximum atomic E-state index is 13.2. The van der Waals surface area contributed by atoms with E-state index in [9.17, 15) is 23.3 Å². The normalized spacial score (nSPS) is 11.3. The van der Waals surface area contributed by atoms with Gasteiger partial charge < -0.3 is 0 Å². The summed E-state index contributed by atoms with van der Waals surface area (Å²) in [6.45, 7) is -0.616. The van der Waals surface area contributed by atoms with Gasteiger partial charge in [-0.1, -0.05) is 54.1 Å². The fraction of sp³-hybridized carbons (Fsp3) is 0.0476. The minimum Gasteiger partial charge on any atom is -0.271 e. The number of carbonyl (C=O) groups excluding carboxylic acids is 1. The first-order valence-corrected chi connectivity index (χ1v) is 11.0. The van der Waals surface area contributed by atoms with Gasteiger partial charge in [0.1, 0.15) is 6.54 Å². The summed E-state index contributed by atoms with van der Waals surface area (Å²) >= 11 is 6.20. The van der Waals surface area contributed by atoms with Crippen LogP contribution in [0, 0.1) is 10.1 Å². The Hall–Kier alpha value is -3.76. The number of nitrogens with one attached hydrogen (secondary N) is 1. The van der Waals surface area contributed by atoms with Gasteiger partial charge in [0.15, 0.2) is 0 Å². The zero-order chi connectivity index (χ0) is 23.1. The van der Waals surface area contributed by atoms with Crippen LogP contribution in [0.5, 0.6) is 0 Å². The van der Waals surface area contributed by atoms with Gasteiger partial charge in [-0.25, -0.2) is 13.8 Å². The van der Waals surface area contributed by atoms with Crippen LogP contribution in [-0.2, 0) is 14.8 Å². The molecule has 32 heavy (non-hydrogen) atoms. The number of amides is 1. The molecular formula is C21H17ClN4O5S. The number of halogens is 1. The molecule has 0 saturated heterocycles. The third-order valence-electron chi connectivity index (χ3n) is 4.27. The highest BCUT2D eigenvalue weighted by Crippen LogP contribution is 2.30. The summed E-state index contributed by atoms with van der Waals surface area (Å²) in [5.41, 5.74) is 2.31. The first kappa shape index (κ1) is 22.9. The molecule has 0 aliphatic carbocycles. The van der Waals surface area contributed by atoms with E-state index in [4.69, 9.17) is 11.6 Å². The van der Waals surface area contributed by atoms with Crippen LogP contribution in [0.4, 0.5) is 11.4 Å². The van der Waals surface area contributed by atoms with Crippen molar-refractivity contribution in [2.24, 2.45) is 5.10 Å². The molecule has 164 valence electrons. The zero-order valence-corrected chi connectivity index (χ0v) is 18.0. The van der Waals surface area contributed by atoms with Crippen LogP contribution in [0.2, 0.25) is 5.02 Å². The van der Waals surface area contributed by atoms with Crippen molar-refractivity contribution in [3.05, 3.63) is 99.6 Å². The van der Waals surface area contributed by atoms with E-state index >= 15 is 0 Å². The molecule has 0 saturated carbocycles. The lowest BCUT2D eigenvalue weighted by atomic mass is 10.2. The topological polar surface area (TPSA) is 122 Å². The molecule has 0 aliphatic heterocycles. The molecule has 3 aromatic rings. The molecule has 3 aromatic carbocycles. The fourth-order valence-corrected chi connectivity index (χ4v) is 4.52. The van der Waals surface area contributed by atoms with Crippen LogP contribution >= 0.6 is 11.6 Å². The number of benzene rings is 3.